The summed E-state index contributed by atoms with van der Waals surface area (Å²) < 4.78 is 44.8. The van der Waals surface area contributed by atoms with Crippen molar-refractivity contribution in [2.45, 2.75) is 18.7 Å². The fraction of sp³-hybridized carbons (Fsp3) is 0.318. The smallest absolute Gasteiger partial charge is 0.298 e. The van der Waals surface area contributed by atoms with E-state index >= 15 is 0 Å². The van der Waals surface area contributed by atoms with Gasteiger partial charge in [0, 0.05) is 13.1 Å². The molecule has 0 saturated carbocycles. The van der Waals surface area contributed by atoms with Gasteiger partial charge in [0.05, 0.1) is 37.9 Å². The maximum atomic E-state index is 13.2. The predicted octanol–water partition coefficient (Wildman–Crippen LogP) is 2.58. The van der Waals surface area contributed by atoms with Gasteiger partial charge in [0.1, 0.15) is 6.26 Å². The van der Waals surface area contributed by atoms with Crippen LogP contribution in [0.15, 0.2) is 46.0 Å². The molecule has 1 fully saturated rings. The molecule has 4 rings (SSSR count). The minimum Gasteiger partial charge on any atom is -0.480 e. The van der Waals surface area contributed by atoms with Crippen LogP contribution in [0.3, 0.4) is 0 Å². The van der Waals surface area contributed by atoms with Crippen LogP contribution in [0.4, 0.5) is 17.4 Å². The normalized spacial score (nSPS) is 14.0. The number of aromatic nitrogens is 2. The summed E-state index contributed by atoms with van der Waals surface area (Å²) in [5.74, 6) is -0.672. The van der Waals surface area contributed by atoms with Gasteiger partial charge in [-0.05, 0) is 31.0 Å². The number of para-hydroxylation sites is 1. The number of rotatable bonds is 7. The van der Waals surface area contributed by atoms with Crippen molar-refractivity contribution in [2.75, 3.05) is 48.4 Å². The Morgan fingerprint density at radius 3 is 2.56 bits per heavy atom. The number of anilines is 3. The van der Waals surface area contributed by atoms with Crippen LogP contribution >= 0.6 is 0 Å². The molecular formula is C22H25N5O6S. The van der Waals surface area contributed by atoms with Crippen molar-refractivity contribution < 1.29 is 27.1 Å². The number of methoxy groups -OCH3 is 1. The topological polar surface area (TPSA) is 136 Å². The molecule has 0 aliphatic carbocycles. The summed E-state index contributed by atoms with van der Waals surface area (Å²) >= 11 is 0. The van der Waals surface area contributed by atoms with E-state index in [-0.39, 0.29) is 22.2 Å². The molecule has 3 heterocycles. The standard InChI is InChI=1S/C22H25N5O6S/c1-14-5-4-6-15(2)19(14)26-34(29,30)18-11-16(12-23-21(18)31-3)24-20(28)17-13-33-22(25-17)27-7-9-32-10-8-27/h4-6,11-13,26H,7-10H2,1-3H3,(H,24,28). The molecule has 0 bridgehead atoms. The zero-order valence-corrected chi connectivity index (χ0v) is 19.8. The van der Waals surface area contributed by atoms with Crippen molar-refractivity contribution in [1.29, 1.82) is 0 Å². The van der Waals surface area contributed by atoms with Crippen LogP contribution in [-0.2, 0) is 14.8 Å². The highest BCUT2D eigenvalue weighted by atomic mass is 32.2. The monoisotopic (exact) mass is 487 g/mol. The highest BCUT2D eigenvalue weighted by Crippen LogP contribution is 2.29. The number of oxazole rings is 1. The third-order valence-electron chi connectivity index (χ3n) is 5.28. The first-order valence-electron chi connectivity index (χ1n) is 10.5. The largest absolute Gasteiger partial charge is 0.480 e. The van der Waals surface area contributed by atoms with E-state index in [1.54, 1.807) is 26.0 Å². The van der Waals surface area contributed by atoms with Crippen LogP contribution in [-0.4, -0.2) is 57.7 Å². The summed E-state index contributed by atoms with van der Waals surface area (Å²) in [6, 6.07) is 7.06. The molecule has 0 radical (unpaired) electrons. The van der Waals surface area contributed by atoms with Crippen LogP contribution < -0.4 is 19.7 Å². The lowest BCUT2D eigenvalue weighted by molar-refractivity contribution is 0.102. The van der Waals surface area contributed by atoms with Crippen LogP contribution in [0, 0.1) is 13.8 Å². The minimum absolute atomic E-state index is 0.0513. The molecule has 2 aromatic heterocycles. The number of nitrogens with zero attached hydrogens (tertiary/aromatic N) is 3. The second-order valence-corrected chi connectivity index (χ2v) is 9.32. The minimum atomic E-state index is -4.08. The lowest BCUT2D eigenvalue weighted by Gasteiger charge is -2.24. The second kappa shape index (κ2) is 9.69. The zero-order valence-electron chi connectivity index (χ0n) is 19.0. The molecule has 3 aromatic rings. The average molecular weight is 488 g/mol. The summed E-state index contributed by atoms with van der Waals surface area (Å²) in [6.45, 7) is 5.93. The molecule has 2 N–H and O–H groups in total. The number of nitrogens with one attached hydrogen (secondary N) is 2. The second-order valence-electron chi connectivity index (χ2n) is 7.67. The van der Waals surface area contributed by atoms with Crippen molar-refractivity contribution in [3.8, 4) is 5.88 Å². The maximum Gasteiger partial charge on any atom is 0.298 e. The lowest BCUT2D eigenvalue weighted by atomic mass is 10.1. The van der Waals surface area contributed by atoms with Gasteiger partial charge in [-0.2, -0.15) is 4.98 Å². The molecule has 1 aromatic carbocycles. The van der Waals surface area contributed by atoms with Crippen molar-refractivity contribution >= 4 is 33.3 Å². The van der Waals surface area contributed by atoms with E-state index in [9.17, 15) is 13.2 Å². The Hall–Kier alpha value is -3.64. The number of hydrogen-bond acceptors (Lipinski definition) is 9. The molecule has 1 aliphatic rings. The summed E-state index contributed by atoms with van der Waals surface area (Å²) in [5, 5.41) is 2.61. The Kier molecular flexibility index (Phi) is 6.70. The summed E-state index contributed by atoms with van der Waals surface area (Å²) in [4.78, 5) is 22.6. The first-order chi connectivity index (χ1) is 16.3. The first-order valence-corrected chi connectivity index (χ1v) is 12.0. The Labute approximate surface area is 197 Å². The van der Waals surface area contributed by atoms with Crippen LogP contribution in [0.1, 0.15) is 21.6 Å². The van der Waals surface area contributed by atoms with Crippen LogP contribution in [0.25, 0.3) is 0 Å². The quantitative estimate of drug-likeness (QED) is 0.515. The molecule has 1 aliphatic heterocycles. The molecule has 34 heavy (non-hydrogen) atoms. The fourth-order valence-electron chi connectivity index (χ4n) is 3.47. The number of sulfonamides is 1. The van der Waals surface area contributed by atoms with Crippen molar-refractivity contribution in [1.82, 2.24) is 9.97 Å². The zero-order chi connectivity index (χ0) is 24.3. The van der Waals surface area contributed by atoms with E-state index in [4.69, 9.17) is 13.9 Å². The maximum absolute atomic E-state index is 13.2. The molecule has 12 heteroatoms. The van der Waals surface area contributed by atoms with Gasteiger partial charge in [-0.1, -0.05) is 18.2 Å². The molecular weight excluding hydrogens is 462 g/mol. The van der Waals surface area contributed by atoms with E-state index in [0.29, 0.717) is 38.0 Å². The van der Waals surface area contributed by atoms with Crippen molar-refractivity contribution in [2.24, 2.45) is 0 Å². The van der Waals surface area contributed by atoms with Gasteiger partial charge in [0.15, 0.2) is 10.6 Å². The van der Waals surface area contributed by atoms with E-state index in [1.165, 1.54) is 25.6 Å². The lowest BCUT2D eigenvalue weighted by Crippen LogP contribution is -2.36. The number of pyridine rings is 1. The number of aryl methyl sites for hydroxylation is 2. The Morgan fingerprint density at radius 2 is 1.88 bits per heavy atom. The first kappa shape index (κ1) is 23.5. The molecule has 1 amide bonds. The summed E-state index contributed by atoms with van der Waals surface area (Å²) in [7, 11) is -2.76. The fourth-order valence-corrected chi connectivity index (χ4v) is 4.82. The SMILES string of the molecule is COc1ncc(NC(=O)c2coc(N3CCOCC3)n2)cc1S(=O)(=O)Nc1c(C)cccc1C. The third kappa shape index (κ3) is 4.97. The van der Waals surface area contributed by atoms with Gasteiger partial charge in [-0.3, -0.25) is 9.52 Å². The van der Waals surface area contributed by atoms with E-state index in [1.807, 2.05) is 11.0 Å². The molecule has 180 valence electrons. The van der Waals surface area contributed by atoms with E-state index in [2.05, 4.69) is 20.0 Å². The van der Waals surface area contributed by atoms with E-state index in [0.717, 1.165) is 11.1 Å². The number of amides is 1. The predicted molar refractivity (Wildman–Crippen MR) is 125 cm³/mol. The van der Waals surface area contributed by atoms with E-state index < -0.39 is 15.9 Å². The third-order valence-corrected chi connectivity index (χ3v) is 6.63. The van der Waals surface area contributed by atoms with Crippen LogP contribution in [0.2, 0.25) is 0 Å². The van der Waals surface area contributed by atoms with Gasteiger partial charge in [-0.25, -0.2) is 13.4 Å². The summed E-state index contributed by atoms with van der Waals surface area (Å²) in [5.41, 5.74) is 2.21. The number of hydrogen-bond donors (Lipinski definition) is 2. The van der Waals surface area contributed by atoms with Gasteiger partial charge in [0.25, 0.3) is 21.9 Å². The van der Waals surface area contributed by atoms with Gasteiger partial charge < -0.3 is 24.1 Å². The van der Waals surface area contributed by atoms with Gasteiger partial charge in [0.2, 0.25) is 5.88 Å². The number of benzene rings is 1. The number of carbonyl (C=O) groups excluding carboxylic acids is 1. The highest BCUT2D eigenvalue weighted by Gasteiger charge is 2.24. The molecule has 11 nitrogen and oxygen atoms in total. The van der Waals surface area contributed by atoms with Gasteiger partial charge >= 0.3 is 0 Å². The summed E-state index contributed by atoms with van der Waals surface area (Å²) in [6.07, 6.45) is 2.55. The molecule has 0 unspecified atom stereocenters. The number of morpholine rings is 1. The Morgan fingerprint density at radius 1 is 1.18 bits per heavy atom. The molecule has 1 saturated heterocycles. The number of carbonyl (C=O) groups is 1. The van der Waals surface area contributed by atoms with Crippen molar-refractivity contribution in [3.63, 3.8) is 0 Å². The highest BCUT2D eigenvalue weighted by molar-refractivity contribution is 7.92. The average Bonchev–Trinajstić information content (AvgIpc) is 3.33. The number of ether oxygens (including phenoxy) is 2. The Bertz CT molecular complexity index is 1280. The Balaban J connectivity index is 1.56. The molecule has 0 spiro atoms. The van der Waals surface area contributed by atoms with Crippen molar-refractivity contribution in [3.05, 3.63) is 53.5 Å². The van der Waals surface area contributed by atoms with Gasteiger partial charge in [-0.15, -0.1) is 0 Å². The molecule has 0 atom stereocenters. The van der Waals surface area contributed by atoms with Crippen LogP contribution in [0.5, 0.6) is 5.88 Å².